The number of phenols is 1. The Bertz CT molecular complexity index is 593. The molecule has 0 radical (unpaired) electrons. The predicted octanol–water partition coefficient (Wildman–Crippen LogP) is 3.11. The van der Waals surface area contributed by atoms with Gasteiger partial charge in [0, 0.05) is 11.8 Å². The van der Waals surface area contributed by atoms with Gasteiger partial charge in [-0.1, -0.05) is 23.8 Å². The van der Waals surface area contributed by atoms with Gasteiger partial charge in [-0.15, -0.1) is 0 Å². The molecule has 0 heterocycles. The maximum Gasteiger partial charge on any atom is 0.265 e. The van der Waals surface area contributed by atoms with Crippen LogP contribution in [0.2, 0.25) is 0 Å². The van der Waals surface area contributed by atoms with Gasteiger partial charge in [0.2, 0.25) is 0 Å². The minimum Gasteiger partial charge on any atom is -0.508 e. The van der Waals surface area contributed by atoms with E-state index in [4.69, 9.17) is 4.74 Å². The minimum absolute atomic E-state index is 0.106. The van der Waals surface area contributed by atoms with E-state index in [1.54, 1.807) is 25.1 Å². The number of nitrogens with one attached hydrogen (secondary N) is 1. The van der Waals surface area contributed by atoms with Gasteiger partial charge in [0.15, 0.2) is 6.10 Å². The van der Waals surface area contributed by atoms with Crippen molar-refractivity contribution in [2.45, 2.75) is 20.0 Å². The van der Waals surface area contributed by atoms with Crippen molar-refractivity contribution in [1.82, 2.24) is 0 Å². The summed E-state index contributed by atoms with van der Waals surface area (Å²) in [5, 5.41) is 12.0. The number of carbonyl (C=O) groups excluding carboxylic acids is 1. The highest BCUT2D eigenvalue weighted by Crippen LogP contribution is 2.17. The number of anilines is 1. The van der Waals surface area contributed by atoms with E-state index in [0.717, 1.165) is 5.56 Å². The Kier molecular flexibility index (Phi) is 4.25. The molecule has 0 saturated heterocycles. The average molecular weight is 271 g/mol. The number of phenolic OH excluding ortho intramolecular Hbond substituents is 1. The zero-order valence-electron chi connectivity index (χ0n) is 11.5. The lowest BCUT2D eigenvalue weighted by molar-refractivity contribution is -0.122. The molecule has 0 unspecified atom stereocenters. The lowest BCUT2D eigenvalue weighted by atomic mass is 10.2. The van der Waals surface area contributed by atoms with E-state index >= 15 is 0 Å². The Labute approximate surface area is 118 Å². The highest BCUT2D eigenvalue weighted by molar-refractivity contribution is 5.94. The van der Waals surface area contributed by atoms with Crippen molar-refractivity contribution in [1.29, 1.82) is 0 Å². The molecule has 0 aliphatic carbocycles. The number of benzene rings is 2. The fourth-order valence-corrected chi connectivity index (χ4v) is 1.70. The SMILES string of the molecule is Cc1ccc(O[C@H](C)C(=O)Nc2cccc(O)c2)cc1. The Hall–Kier alpha value is -2.49. The third-order valence-electron chi connectivity index (χ3n) is 2.82. The predicted molar refractivity (Wildman–Crippen MR) is 78.0 cm³/mol. The van der Waals surface area contributed by atoms with Crippen molar-refractivity contribution in [3.05, 3.63) is 54.1 Å². The molecule has 20 heavy (non-hydrogen) atoms. The monoisotopic (exact) mass is 271 g/mol. The van der Waals surface area contributed by atoms with E-state index < -0.39 is 6.10 Å². The van der Waals surface area contributed by atoms with Crippen LogP contribution in [0.25, 0.3) is 0 Å². The summed E-state index contributed by atoms with van der Waals surface area (Å²) in [6, 6.07) is 13.9. The van der Waals surface area contributed by atoms with Crippen LogP contribution in [-0.4, -0.2) is 17.1 Å². The fraction of sp³-hybridized carbons (Fsp3) is 0.188. The number of aryl methyl sites for hydroxylation is 1. The summed E-state index contributed by atoms with van der Waals surface area (Å²) in [4.78, 5) is 12.0. The first-order valence-electron chi connectivity index (χ1n) is 6.38. The van der Waals surface area contributed by atoms with Gasteiger partial charge in [-0.05, 0) is 38.1 Å². The second kappa shape index (κ2) is 6.10. The molecule has 4 nitrogen and oxygen atoms in total. The van der Waals surface area contributed by atoms with Crippen LogP contribution in [0.4, 0.5) is 5.69 Å². The molecule has 0 aromatic heterocycles. The largest absolute Gasteiger partial charge is 0.508 e. The topological polar surface area (TPSA) is 58.6 Å². The first-order valence-corrected chi connectivity index (χ1v) is 6.38. The third kappa shape index (κ3) is 3.75. The number of aromatic hydroxyl groups is 1. The van der Waals surface area contributed by atoms with Gasteiger partial charge in [-0.3, -0.25) is 4.79 Å². The number of hydrogen-bond acceptors (Lipinski definition) is 3. The van der Waals surface area contributed by atoms with E-state index in [9.17, 15) is 9.90 Å². The smallest absolute Gasteiger partial charge is 0.265 e. The number of amides is 1. The molecule has 0 saturated carbocycles. The van der Waals surface area contributed by atoms with Crippen molar-refractivity contribution in [3.8, 4) is 11.5 Å². The highest BCUT2D eigenvalue weighted by Gasteiger charge is 2.14. The average Bonchev–Trinajstić information content (AvgIpc) is 2.41. The van der Waals surface area contributed by atoms with Crippen molar-refractivity contribution in [2.24, 2.45) is 0 Å². The van der Waals surface area contributed by atoms with Crippen LogP contribution in [0.1, 0.15) is 12.5 Å². The van der Waals surface area contributed by atoms with Crippen LogP contribution >= 0.6 is 0 Å². The molecule has 2 rings (SSSR count). The van der Waals surface area contributed by atoms with E-state index in [1.807, 2.05) is 31.2 Å². The van der Waals surface area contributed by atoms with Gasteiger partial charge in [0.25, 0.3) is 5.91 Å². The van der Waals surface area contributed by atoms with Crippen molar-refractivity contribution in [3.63, 3.8) is 0 Å². The fourth-order valence-electron chi connectivity index (χ4n) is 1.70. The molecule has 2 N–H and O–H groups in total. The zero-order chi connectivity index (χ0) is 14.5. The molecule has 0 bridgehead atoms. The quantitative estimate of drug-likeness (QED) is 0.898. The summed E-state index contributed by atoms with van der Waals surface area (Å²) in [7, 11) is 0. The van der Waals surface area contributed by atoms with E-state index in [-0.39, 0.29) is 11.7 Å². The second-order valence-corrected chi connectivity index (χ2v) is 4.61. The van der Waals surface area contributed by atoms with Crippen molar-refractivity contribution in [2.75, 3.05) is 5.32 Å². The van der Waals surface area contributed by atoms with Gasteiger partial charge in [0.05, 0.1) is 0 Å². The molecule has 0 spiro atoms. The zero-order valence-corrected chi connectivity index (χ0v) is 11.5. The molecular weight excluding hydrogens is 254 g/mol. The van der Waals surface area contributed by atoms with Crippen molar-refractivity contribution >= 4 is 11.6 Å². The maximum atomic E-state index is 12.0. The lowest BCUT2D eigenvalue weighted by Crippen LogP contribution is -2.30. The van der Waals surface area contributed by atoms with Crippen LogP contribution in [-0.2, 0) is 4.79 Å². The molecule has 2 aromatic rings. The molecular formula is C16H17NO3. The van der Waals surface area contributed by atoms with Crippen LogP contribution in [0, 0.1) is 6.92 Å². The first-order chi connectivity index (χ1) is 9.54. The Morgan fingerprint density at radius 2 is 1.90 bits per heavy atom. The second-order valence-electron chi connectivity index (χ2n) is 4.61. The maximum absolute atomic E-state index is 12.0. The van der Waals surface area contributed by atoms with Crippen LogP contribution in [0.3, 0.4) is 0 Å². The Morgan fingerprint density at radius 3 is 2.55 bits per heavy atom. The molecule has 0 aliphatic heterocycles. The Morgan fingerprint density at radius 1 is 1.20 bits per heavy atom. The Balaban J connectivity index is 1.96. The molecule has 4 heteroatoms. The van der Waals surface area contributed by atoms with E-state index in [2.05, 4.69) is 5.32 Å². The summed E-state index contributed by atoms with van der Waals surface area (Å²) in [5.74, 6) is 0.486. The van der Waals surface area contributed by atoms with Gasteiger partial charge in [-0.25, -0.2) is 0 Å². The first kappa shape index (κ1) is 13.9. The molecule has 0 fully saturated rings. The molecule has 1 amide bonds. The number of rotatable bonds is 4. The third-order valence-corrected chi connectivity index (χ3v) is 2.82. The standard InChI is InChI=1S/C16H17NO3/c1-11-6-8-15(9-7-11)20-12(2)16(19)17-13-4-3-5-14(18)10-13/h3-10,12,18H,1-2H3,(H,17,19)/t12-/m1/s1. The summed E-state index contributed by atoms with van der Waals surface area (Å²) < 4.78 is 5.56. The van der Waals surface area contributed by atoms with E-state index in [1.165, 1.54) is 6.07 Å². The molecule has 104 valence electrons. The summed E-state index contributed by atoms with van der Waals surface area (Å²) >= 11 is 0. The molecule has 2 aromatic carbocycles. The van der Waals surface area contributed by atoms with Gasteiger partial charge < -0.3 is 15.2 Å². The van der Waals surface area contributed by atoms with Gasteiger partial charge >= 0.3 is 0 Å². The summed E-state index contributed by atoms with van der Waals surface area (Å²) in [6.07, 6.45) is -0.625. The van der Waals surface area contributed by atoms with Crippen molar-refractivity contribution < 1.29 is 14.6 Å². The normalized spacial score (nSPS) is 11.7. The lowest BCUT2D eigenvalue weighted by Gasteiger charge is -2.15. The number of hydrogen-bond donors (Lipinski definition) is 2. The summed E-state index contributed by atoms with van der Waals surface area (Å²) in [5.41, 5.74) is 1.67. The molecule has 1 atom stereocenters. The minimum atomic E-state index is -0.625. The number of carbonyl (C=O) groups is 1. The van der Waals surface area contributed by atoms with Gasteiger partial charge in [0.1, 0.15) is 11.5 Å². The number of ether oxygens (including phenoxy) is 1. The van der Waals surface area contributed by atoms with Crippen LogP contribution < -0.4 is 10.1 Å². The van der Waals surface area contributed by atoms with Crippen LogP contribution in [0.5, 0.6) is 11.5 Å². The van der Waals surface area contributed by atoms with Crippen LogP contribution in [0.15, 0.2) is 48.5 Å². The van der Waals surface area contributed by atoms with Gasteiger partial charge in [-0.2, -0.15) is 0 Å². The highest BCUT2D eigenvalue weighted by atomic mass is 16.5. The molecule has 0 aliphatic rings. The summed E-state index contributed by atoms with van der Waals surface area (Å²) in [6.45, 7) is 3.67. The van der Waals surface area contributed by atoms with E-state index in [0.29, 0.717) is 11.4 Å².